The topological polar surface area (TPSA) is 127 Å². The molecule has 0 unspecified atom stereocenters. The fraction of sp³-hybridized carbons (Fsp3) is 0.500. The summed E-state index contributed by atoms with van der Waals surface area (Å²) in [5.41, 5.74) is 0.470. The van der Waals surface area contributed by atoms with Gasteiger partial charge in [-0.05, 0) is 12.1 Å². The van der Waals surface area contributed by atoms with Crippen molar-refractivity contribution in [1.29, 1.82) is 0 Å². The molecular weight excluding hydrogens is 414 g/mol. The number of nitrogens with one attached hydrogen (secondary N) is 1. The Bertz CT molecular complexity index is 1000. The highest BCUT2D eigenvalue weighted by Crippen LogP contribution is 2.30. The van der Waals surface area contributed by atoms with Crippen molar-refractivity contribution >= 4 is 21.7 Å². The van der Waals surface area contributed by atoms with E-state index >= 15 is 0 Å². The number of hydrogen-bond acceptors (Lipinski definition) is 8. The standard InChI is InChI=1S/C18H25N5O6S/c1-12-19-17(21-29-12)7-8-23(30(4,25)26)13-10-22(11-13)18(24)20-15-9-14(27-2)5-6-16(15)28-3/h5-6,9,13H,7-8,10-11H2,1-4H3,(H,20,24). The molecule has 1 fully saturated rings. The second-order valence-corrected chi connectivity index (χ2v) is 8.84. The summed E-state index contributed by atoms with van der Waals surface area (Å²) in [6, 6.07) is 4.41. The number of ether oxygens (including phenoxy) is 2. The van der Waals surface area contributed by atoms with E-state index in [4.69, 9.17) is 14.0 Å². The number of urea groups is 1. The molecule has 1 aromatic carbocycles. The minimum absolute atomic E-state index is 0.210. The number of methoxy groups -OCH3 is 2. The lowest BCUT2D eigenvalue weighted by atomic mass is 10.1. The lowest BCUT2D eigenvalue weighted by Crippen LogP contribution is -2.63. The zero-order valence-electron chi connectivity index (χ0n) is 17.3. The number of rotatable bonds is 8. The molecule has 3 rings (SSSR count). The first kappa shape index (κ1) is 21.8. The van der Waals surface area contributed by atoms with Gasteiger partial charge in [0.2, 0.25) is 15.9 Å². The van der Waals surface area contributed by atoms with E-state index in [9.17, 15) is 13.2 Å². The van der Waals surface area contributed by atoms with Gasteiger partial charge in [-0.25, -0.2) is 13.2 Å². The Kier molecular flexibility index (Phi) is 6.46. The average molecular weight is 439 g/mol. The van der Waals surface area contributed by atoms with Crippen molar-refractivity contribution in [2.75, 3.05) is 45.4 Å². The number of likely N-dealkylation sites (tertiary alicyclic amines) is 1. The van der Waals surface area contributed by atoms with Crippen LogP contribution in [0.3, 0.4) is 0 Å². The third-order valence-electron chi connectivity index (χ3n) is 4.76. The van der Waals surface area contributed by atoms with Crippen molar-refractivity contribution in [3.63, 3.8) is 0 Å². The molecule has 1 aliphatic rings. The van der Waals surface area contributed by atoms with E-state index in [1.807, 2.05) is 0 Å². The van der Waals surface area contributed by atoms with Crippen LogP contribution in [0.15, 0.2) is 22.7 Å². The van der Waals surface area contributed by atoms with Crippen molar-refractivity contribution in [1.82, 2.24) is 19.3 Å². The molecule has 12 heteroatoms. The first-order valence-corrected chi connectivity index (χ1v) is 11.1. The number of nitrogens with zero attached hydrogens (tertiary/aromatic N) is 4. The lowest BCUT2D eigenvalue weighted by Gasteiger charge is -2.44. The summed E-state index contributed by atoms with van der Waals surface area (Å²) < 4.78 is 41.2. The van der Waals surface area contributed by atoms with E-state index < -0.39 is 10.0 Å². The Morgan fingerprint density at radius 3 is 2.63 bits per heavy atom. The molecule has 1 N–H and O–H groups in total. The predicted octanol–water partition coefficient (Wildman–Crippen LogP) is 1.12. The largest absolute Gasteiger partial charge is 0.497 e. The molecule has 0 bridgehead atoms. The Hall–Kier alpha value is -2.86. The van der Waals surface area contributed by atoms with Crippen LogP contribution in [0.25, 0.3) is 0 Å². The van der Waals surface area contributed by atoms with Gasteiger partial charge in [0.15, 0.2) is 5.82 Å². The summed E-state index contributed by atoms with van der Waals surface area (Å²) in [6.07, 6.45) is 1.48. The SMILES string of the molecule is COc1ccc(OC)c(NC(=O)N2CC(N(CCc3noc(C)n3)S(C)(=O)=O)C2)c1. The minimum Gasteiger partial charge on any atom is -0.497 e. The van der Waals surface area contributed by atoms with Crippen LogP contribution in [0.2, 0.25) is 0 Å². The number of amides is 2. The van der Waals surface area contributed by atoms with E-state index in [0.29, 0.717) is 35.3 Å². The summed E-state index contributed by atoms with van der Waals surface area (Å²) in [5.74, 6) is 1.94. The van der Waals surface area contributed by atoms with Crippen molar-refractivity contribution in [2.24, 2.45) is 0 Å². The van der Waals surface area contributed by atoms with Crippen LogP contribution in [-0.4, -0.2) is 79.9 Å². The van der Waals surface area contributed by atoms with Crippen molar-refractivity contribution in [3.05, 3.63) is 29.9 Å². The quantitative estimate of drug-likeness (QED) is 0.648. The number of hydrogen-bond donors (Lipinski definition) is 1. The second kappa shape index (κ2) is 8.88. The lowest BCUT2D eigenvalue weighted by molar-refractivity contribution is 0.109. The minimum atomic E-state index is -3.46. The number of benzene rings is 1. The molecule has 11 nitrogen and oxygen atoms in total. The van der Waals surface area contributed by atoms with Crippen LogP contribution >= 0.6 is 0 Å². The van der Waals surface area contributed by atoms with Crippen molar-refractivity contribution < 1.29 is 27.2 Å². The summed E-state index contributed by atoms with van der Waals surface area (Å²) in [5, 5.41) is 6.57. The number of anilines is 1. The second-order valence-electron chi connectivity index (χ2n) is 6.91. The van der Waals surface area contributed by atoms with Crippen molar-refractivity contribution in [2.45, 2.75) is 19.4 Å². The monoisotopic (exact) mass is 439 g/mol. The molecule has 0 saturated carbocycles. The van der Waals surface area contributed by atoms with Crippen molar-refractivity contribution in [3.8, 4) is 11.5 Å². The maximum Gasteiger partial charge on any atom is 0.322 e. The molecule has 30 heavy (non-hydrogen) atoms. The van der Waals surface area contributed by atoms with E-state index in [2.05, 4.69) is 15.5 Å². The number of carbonyl (C=O) groups is 1. The van der Waals surface area contributed by atoms with Crippen LogP contribution in [0, 0.1) is 6.92 Å². The Balaban J connectivity index is 1.60. The van der Waals surface area contributed by atoms with Crippen LogP contribution in [0.5, 0.6) is 11.5 Å². The average Bonchev–Trinajstić information content (AvgIpc) is 3.07. The van der Waals surface area contributed by atoms with Gasteiger partial charge in [0.1, 0.15) is 11.5 Å². The zero-order valence-corrected chi connectivity index (χ0v) is 18.1. The van der Waals surface area contributed by atoms with Gasteiger partial charge in [-0.3, -0.25) is 0 Å². The molecule has 1 saturated heterocycles. The molecule has 164 valence electrons. The first-order chi connectivity index (χ1) is 14.2. The summed E-state index contributed by atoms with van der Waals surface area (Å²) in [7, 11) is -0.427. The van der Waals surface area contributed by atoms with Crippen LogP contribution in [0.4, 0.5) is 10.5 Å². The molecule has 2 amide bonds. The third-order valence-corrected chi connectivity index (χ3v) is 6.09. The summed E-state index contributed by atoms with van der Waals surface area (Å²) in [4.78, 5) is 18.2. The molecule has 1 aliphatic heterocycles. The maximum absolute atomic E-state index is 12.6. The van der Waals surface area contributed by atoms with Gasteiger partial charge in [0, 0.05) is 39.0 Å². The Labute approximate surface area is 175 Å². The highest BCUT2D eigenvalue weighted by Gasteiger charge is 2.39. The molecule has 2 heterocycles. The molecular formula is C18H25N5O6S. The maximum atomic E-state index is 12.6. The molecule has 0 spiro atoms. The highest BCUT2D eigenvalue weighted by atomic mass is 32.2. The summed E-state index contributed by atoms with van der Waals surface area (Å²) in [6.45, 7) is 2.43. The number of aromatic nitrogens is 2. The van der Waals surface area contributed by atoms with Gasteiger partial charge < -0.3 is 24.2 Å². The van der Waals surface area contributed by atoms with Gasteiger partial charge in [0.25, 0.3) is 0 Å². The molecule has 2 aromatic rings. The van der Waals surface area contributed by atoms with E-state index in [-0.39, 0.29) is 31.7 Å². The fourth-order valence-corrected chi connectivity index (χ4v) is 4.28. The molecule has 0 radical (unpaired) electrons. The normalized spacial score (nSPS) is 14.5. The molecule has 0 atom stereocenters. The highest BCUT2D eigenvalue weighted by molar-refractivity contribution is 7.88. The molecule has 1 aromatic heterocycles. The zero-order chi connectivity index (χ0) is 21.9. The predicted molar refractivity (Wildman–Crippen MR) is 108 cm³/mol. The Morgan fingerprint density at radius 1 is 1.33 bits per heavy atom. The van der Waals surface area contributed by atoms with Gasteiger partial charge in [0.05, 0.1) is 32.2 Å². The van der Waals surface area contributed by atoms with Crippen LogP contribution < -0.4 is 14.8 Å². The van der Waals surface area contributed by atoms with Crippen LogP contribution in [-0.2, 0) is 16.4 Å². The van der Waals surface area contributed by atoms with Gasteiger partial charge in [-0.1, -0.05) is 5.16 Å². The van der Waals surface area contributed by atoms with E-state index in [0.717, 1.165) is 6.26 Å². The van der Waals surface area contributed by atoms with Gasteiger partial charge in [-0.2, -0.15) is 9.29 Å². The third kappa shape index (κ3) is 5.00. The number of sulfonamides is 1. The van der Waals surface area contributed by atoms with Gasteiger partial charge in [-0.15, -0.1) is 0 Å². The number of aryl methyl sites for hydroxylation is 1. The van der Waals surface area contributed by atoms with Crippen LogP contribution in [0.1, 0.15) is 11.7 Å². The first-order valence-electron chi connectivity index (χ1n) is 9.25. The fourth-order valence-electron chi connectivity index (χ4n) is 3.18. The van der Waals surface area contributed by atoms with E-state index in [1.165, 1.54) is 23.4 Å². The summed E-state index contributed by atoms with van der Waals surface area (Å²) >= 11 is 0. The van der Waals surface area contributed by atoms with E-state index in [1.54, 1.807) is 25.1 Å². The molecule has 0 aliphatic carbocycles. The number of carbonyl (C=O) groups excluding carboxylic acids is 1. The van der Waals surface area contributed by atoms with Gasteiger partial charge >= 0.3 is 6.03 Å². The smallest absolute Gasteiger partial charge is 0.322 e. The Morgan fingerprint density at radius 2 is 2.07 bits per heavy atom.